The van der Waals surface area contributed by atoms with Gasteiger partial charge in [-0.25, -0.2) is 0 Å². The highest BCUT2D eigenvalue weighted by Gasteiger charge is 2.24. The van der Waals surface area contributed by atoms with Crippen LogP contribution in [-0.4, -0.2) is 50.4 Å². The molecule has 0 spiro atoms. The number of aryl methyl sites for hydroxylation is 1. The molecule has 1 saturated heterocycles. The van der Waals surface area contributed by atoms with Gasteiger partial charge in [0.2, 0.25) is 6.79 Å². The normalized spacial score (nSPS) is 17.5. The van der Waals surface area contributed by atoms with Crippen LogP contribution in [0.15, 0.2) is 42.5 Å². The van der Waals surface area contributed by atoms with Gasteiger partial charge in [-0.1, -0.05) is 29.8 Å². The summed E-state index contributed by atoms with van der Waals surface area (Å²) in [5, 5.41) is 3.09. The summed E-state index contributed by atoms with van der Waals surface area (Å²) in [7, 11) is 0. The van der Waals surface area contributed by atoms with Crippen molar-refractivity contribution in [1.82, 2.24) is 10.2 Å². The number of fused-ring (bicyclic) bond motifs is 1. The molecule has 2 aliphatic rings. The van der Waals surface area contributed by atoms with Gasteiger partial charge in [-0.05, 0) is 30.7 Å². The SMILES string of the molecule is Cc1cccc(C(CNC(=O)c2ccc3c(c2)OCO3)N2CCOCC2)c1. The summed E-state index contributed by atoms with van der Waals surface area (Å²) in [5.41, 5.74) is 3.00. The van der Waals surface area contributed by atoms with E-state index < -0.39 is 0 Å². The van der Waals surface area contributed by atoms with Crippen LogP contribution in [0.5, 0.6) is 11.5 Å². The number of hydrogen-bond donors (Lipinski definition) is 1. The number of ether oxygens (including phenoxy) is 3. The van der Waals surface area contributed by atoms with Gasteiger partial charge in [-0.15, -0.1) is 0 Å². The molecule has 1 amide bonds. The minimum Gasteiger partial charge on any atom is -0.454 e. The van der Waals surface area contributed by atoms with Gasteiger partial charge < -0.3 is 19.5 Å². The highest BCUT2D eigenvalue weighted by Crippen LogP contribution is 2.32. The van der Waals surface area contributed by atoms with E-state index in [0.29, 0.717) is 23.6 Å². The van der Waals surface area contributed by atoms with Crippen LogP contribution in [-0.2, 0) is 4.74 Å². The Bertz CT molecular complexity index is 818. The fourth-order valence-corrected chi connectivity index (χ4v) is 3.55. The van der Waals surface area contributed by atoms with Crippen molar-refractivity contribution >= 4 is 5.91 Å². The number of hydrogen-bond acceptors (Lipinski definition) is 5. The molecule has 1 unspecified atom stereocenters. The molecule has 1 atom stereocenters. The molecule has 2 aliphatic heterocycles. The molecular weight excluding hydrogens is 344 g/mol. The lowest BCUT2D eigenvalue weighted by atomic mass is 10.0. The van der Waals surface area contributed by atoms with Crippen molar-refractivity contribution in [2.45, 2.75) is 13.0 Å². The molecule has 0 saturated carbocycles. The minimum atomic E-state index is -0.112. The predicted octanol–water partition coefficient (Wildman–Crippen LogP) is 2.53. The van der Waals surface area contributed by atoms with Gasteiger partial charge in [0.25, 0.3) is 5.91 Å². The predicted molar refractivity (Wildman–Crippen MR) is 101 cm³/mol. The van der Waals surface area contributed by atoms with E-state index in [4.69, 9.17) is 14.2 Å². The average molecular weight is 368 g/mol. The van der Waals surface area contributed by atoms with Crippen molar-refractivity contribution in [3.63, 3.8) is 0 Å². The Balaban J connectivity index is 1.48. The molecule has 1 fully saturated rings. The van der Waals surface area contributed by atoms with Crippen LogP contribution in [0, 0.1) is 6.92 Å². The van der Waals surface area contributed by atoms with Crippen LogP contribution >= 0.6 is 0 Å². The zero-order chi connectivity index (χ0) is 18.6. The van der Waals surface area contributed by atoms with Crippen LogP contribution in [0.3, 0.4) is 0 Å². The van der Waals surface area contributed by atoms with Crippen molar-refractivity contribution in [2.24, 2.45) is 0 Å². The molecule has 142 valence electrons. The molecule has 6 nitrogen and oxygen atoms in total. The van der Waals surface area contributed by atoms with Gasteiger partial charge in [-0.3, -0.25) is 9.69 Å². The highest BCUT2D eigenvalue weighted by atomic mass is 16.7. The van der Waals surface area contributed by atoms with Gasteiger partial charge in [-0.2, -0.15) is 0 Å². The van der Waals surface area contributed by atoms with Crippen molar-refractivity contribution in [3.8, 4) is 11.5 Å². The number of carbonyl (C=O) groups is 1. The first kappa shape index (κ1) is 17.8. The van der Waals surface area contributed by atoms with Crippen LogP contribution in [0.1, 0.15) is 27.5 Å². The van der Waals surface area contributed by atoms with E-state index in [0.717, 1.165) is 26.3 Å². The Labute approximate surface area is 159 Å². The maximum atomic E-state index is 12.7. The number of nitrogens with one attached hydrogen (secondary N) is 1. The summed E-state index contributed by atoms with van der Waals surface area (Å²) >= 11 is 0. The number of benzene rings is 2. The fourth-order valence-electron chi connectivity index (χ4n) is 3.55. The van der Waals surface area contributed by atoms with Gasteiger partial charge in [0.05, 0.1) is 19.3 Å². The molecule has 0 aromatic heterocycles. The van der Waals surface area contributed by atoms with Crippen molar-refractivity contribution in [3.05, 3.63) is 59.2 Å². The molecule has 2 aromatic rings. The topological polar surface area (TPSA) is 60.0 Å². The molecule has 4 rings (SSSR count). The maximum Gasteiger partial charge on any atom is 0.251 e. The maximum absolute atomic E-state index is 12.7. The first-order valence-electron chi connectivity index (χ1n) is 9.27. The Hall–Kier alpha value is -2.57. The molecule has 6 heteroatoms. The van der Waals surface area contributed by atoms with E-state index in [-0.39, 0.29) is 18.7 Å². The van der Waals surface area contributed by atoms with Crippen molar-refractivity contribution in [1.29, 1.82) is 0 Å². The Kier molecular flexibility index (Phi) is 5.27. The number of morpholine rings is 1. The molecular formula is C21H24N2O4. The highest BCUT2D eigenvalue weighted by molar-refractivity contribution is 5.95. The van der Waals surface area contributed by atoms with Gasteiger partial charge in [0.1, 0.15) is 0 Å². The van der Waals surface area contributed by atoms with Crippen molar-refractivity contribution in [2.75, 3.05) is 39.6 Å². The molecule has 27 heavy (non-hydrogen) atoms. The van der Waals surface area contributed by atoms with Crippen LogP contribution in [0.2, 0.25) is 0 Å². The third-order valence-electron chi connectivity index (χ3n) is 5.00. The first-order chi connectivity index (χ1) is 13.2. The lowest BCUT2D eigenvalue weighted by Gasteiger charge is -2.35. The van der Waals surface area contributed by atoms with Crippen molar-refractivity contribution < 1.29 is 19.0 Å². The molecule has 0 bridgehead atoms. The van der Waals surface area contributed by atoms with E-state index in [2.05, 4.69) is 41.4 Å². The molecule has 0 radical (unpaired) electrons. The molecule has 1 N–H and O–H groups in total. The third-order valence-corrected chi connectivity index (χ3v) is 5.00. The molecule has 2 heterocycles. The monoisotopic (exact) mass is 368 g/mol. The summed E-state index contributed by atoms with van der Waals surface area (Å²) in [5.74, 6) is 1.18. The molecule has 2 aromatic carbocycles. The van der Waals surface area contributed by atoms with Crippen LogP contribution < -0.4 is 14.8 Å². The zero-order valence-corrected chi connectivity index (χ0v) is 15.4. The minimum absolute atomic E-state index is 0.112. The van der Waals surface area contributed by atoms with Gasteiger partial charge in [0.15, 0.2) is 11.5 Å². The number of nitrogens with zero attached hydrogens (tertiary/aromatic N) is 1. The second kappa shape index (κ2) is 7.98. The Morgan fingerprint density at radius 2 is 1.93 bits per heavy atom. The van der Waals surface area contributed by atoms with E-state index in [9.17, 15) is 4.79 Å². The lowest BCUT2D eigenvalue weighted by Crippen LogP contribution is -2.43. The standard InChI is InChI=1S/C21H24N2O4/c1-15-3-2-4-16(11-15)18(23-7-9-25-10-8-23)13-22-21(24)17-5-6-19-20(12-17)27-14-26-19/h2-6,11-12,18H,7-10,13-14H2,1H3,(H,22,24). The van der Waals surface area contributed by atoms with E-state index in [1.54, 1.807) is 18.2 Å². The van der Waals surface area contributed by atoms with Crippen LogP contribution in [0.25, 0.3) is 0 Å². The second-order valence-corrected chi connectivity index (χ2v) is 6.86. The quantitative estimate of drug-likeness (QED) is 0.879. The summed E-state index contributed by atoms with van der Waals surface area (Å²) in [6.45, 7) is 5.99. The largest absolute Gasteiger partial charge is 0.454 e. The summed E-state index contributed by atoms with van der Waals surface area (Å²) in [4.78, 5) is 15.1. The van der Waals surface area contributed by atoms with Gasteiger partial charge in [0, 0.05) is 25.2 Å². The smallest absolute Gasteiger partial charge is 0.251 e. The average Bonchev–Trinajstić information content (AvgIpc) is 3.17. The zero-order valence-electron chi connectivity index (χ0n) is 15.4. The summed E-state index contributed by atoms with van der Waals surface area (Å²) in [6.07, 6.45) is 0. The fraction of sp³-hybridized carbons (Fsp3) is 0.381. The number of carbonyl (C=O) groups excluding carboxylic acids is 1. The van der Waals surface area contributed by atoms with E-state index in [1.165, 1.54) is 11.1 Å². The third kappa shape index (κ3) is 4.07. The number of rotatable bonds is 5. The van der Waals surface area contributed by atoms with E-state index >= 15 is 0 Å². The number of amides is 1. The molecule has 0 aliphatic carbocycles. The first-order valence-corrected chi connectivity index (χ1v) is 9.27. The van der Waals surface area contributed by atoms with Crippen LogP contribution in [0.4, 0.5) is 0 Å². The Morgan fingerprint density at radius 1 is 1.11 bits per heavy atom. The second-order valence-electron chi connectivity index (χ2n) is 6.86. The van der Waals surface area contributed by atoms with E-state index in [1.807, 2.05) is 0 Å². The Morgan fingerprint density at radius 3 is 2.74 bits per heavy atom. The lowest BCUT2D eigenvalue weighted by molar-refractivity contribution is 0.0162. The van der Waals surface area contributed by atoms with Gasteiger partial charge >= 0.3 is 0 Å². The summed E-state index contributed by atoms with van der Waals surface area (Å²) < 4.78 is 16.2. The summed E-state index contributed by atoms with van der Waals surface area (Å²) in [6, 6.07) is 13.9.